The lowest BCUT2D eigenvalue weighted by atomic mass is 10.1. The molecule has 0 unspecified atom stereocenters. The Morgan fingerprint density at radius 3 is 2.69 bits per heavy atom. The lowest BCUT2D eigenvalue weighted by Gasteiger charge is -2.12. The van der Waals surface area contributed by atoms with Crippen LogP contribution in [0.4, 0.5) is 0 Å². The minimum Gasteiger partial charge on any atom is -0.496 e. The number of methoxy groups -OCH3 is 2. The van der Waals surface area contributed by atoms with Crippen molar-refractivity contribution in [3.05, 3.63) is 64.8 Å². The number of carbonyl (C=O) groups excluding carboxylic acids is 1. The first-order valence-corrected chi connectivity index (χ1v) is 14.3. The van der Waals surface area contributed by atoms with Gasteiger partial charge in [0, 0.05) is 35.2 Å². The first-order chi connectivity index (χ1) is 20.4. The number of nitriles is 1. The number of carbonyl (C=O) groups is 1. The molecule has 42 heavy (non-hydrogen) atoms. The molecule has 0 saturated carbocycles. The van der Waals surface area contributed by atoms with Crippen molar-refractivity contribution in [2.24, 2.45) is 0 Å². The highest BCUT2D eigenvalue weighted by atomic mass is 32.1. The molecule has 0 N–H and O–H groups in total. The fourth-order valence-electron chi connectivity index (χ4n) is 4.36. The van der Waals surface area contributed by atoms with E-state index in [-0.39, 0.29) is 19.1 Å². The number of amides is 1. The number of furan rings is 1. The number of rotatable bonds is 9. The van der Waals surface area contributed by atoms with Crippen LogP contribution in [0.2, 0.25) is 0 Å². The van der Waals surface area contributed by atoms with Crippen molar-refractivity contribution in [3.8, 4) is 44.8 Å². The summed E-state index contributed by atoms with van der Waals surface area (Å²) in [6.45, 7) is 2.27. The van der Waals surface area contributed by atoms with Crippen LogP contribution in [0.25, 0.3) is 38.0 Å². The maximum absolute atomic E-state index is 12.5. The summed E-state index contributed by atoms with van der Waals surface area (Å²) in [6.07, 6.45) is 1.71. The van der Waals surface area contributed by atoms with Crippen LogP contribution in [0.1, 0.15) is 20.9 Å². The van der Waals surface area contributed by atoms with Gasteiger partial charge in [0.05, 0.1) is 37.6 Å². The number of thiazole rings is 1. The van der Waals surface area contributed by atoms with Crippen LogP contribution in [0.15, 0.2) is 53.1 Å². The molecule has 0 fully saturated rings. The summed E-state index contributed by atoms with van der Waals surface area (Å²) in [7, 11) is 4.76. The highest BCUT2D eigenvalue weighted by Gasteiger charge is 2.19. The van der Waals surface area contributed by atoms with E-state index in [0.29, 0.717) is 44.3 Å². The monoisotopic (exact) mass is 600 g/mol. The molecule has 0 aliphatic heterocycles. The number of hydrogen-bond acceptors (Lipinski definition) is 11. The number of imidazole rings is 1. The minimum absolute atomic E-state index is 0.0317. The maximum Gasteiger partial charge on any atom is 0.294 e. The van der Waals surface area contributed by atoms with Gasteiger partial charge in [-0.2, -0.15) is 9.78 Å². The molecule has 0 atom stereocenters. The Kier molecular flexibility index (Phi) is 7.24. The number of fused-ring (bicyclic) bond motifs is 2. The lowest BCUT2D eigenvalue weighted by Crippen LogP contribution is -2.26. The van der Waals surface area contributed by atoms with Gasteiger partial charge >= 0.3 is 0 Å². The molecule has 6 rings (SSSR count). The molecule has 4 heterocycles. The number of ether oxygens (including phenoxy) is 3. The lowest BCUT2D eigenvalue weighted by molar-refractivity contribution is 0.0812. The van der Waals surface area contributed by atoms with Gasteiger partial charge in [-0.3, -0.25) is 4.79 Å². The van der Waals surface area contributed by atoms with Gasteiger partial charge in [-0.05, 0) is 36.5 Å². The van der Waals surface area contributed by atoms with Gasteiger partial charge in [0.15, 0.2) is 5.76 Å². The van der Waals surface area contributed by atoms with Crippen molar-refractivity contribution in [3.63, 3.8) is 0 Å². The summed E-state index contributed by atoms with van der Waals surface area (Å²) >= 11 is 2.89. The molecule has 4 aromatic heterocycles. The van der Waals surface area contributed by atoms with Crippen LogP contribution < -0.4 is 14.2 Å². The summed E-state index contributed by atoms with van der Waals surface area (Å²) in [4.78, 5) is 24.8. The molecular weight excluding hydrogens is 576 g/mol. The van der Waals surface area contributed by atoms with E-state index in [9.17, 15) is 4.79 Å². The summed E-state index contributed by atoms with van der Waals surface area (Å²) in [5, 5.41) is 15.4. The molecule has 0 spiro atoms. The standard InChI is InChI=1S/C29H24N6O5S2/c1-16-21(32-26(41-16)17-5-7-18(8-6-17)27(36)34(2)10-9-30)15-39-23-11-19(37-3)12-24-20(23)13-25(40-24)22-14-31-28-35(22)33-29(38-4)42-28/h5-8,11-14H,10,15H2,1-4H3. The second kappa shape index (κ2) is 11.2. The van der Waals surface area contributed by atoms with Gasteiger partial charge in [0.1, 0.15) is 40.9 Å². The van der Waals surface area contributed by atoms with E-state index in [0.717, 1.165) is 26.5 Å². The third-order valence-corrected chi connectivity index (χ3v) is 8.54. The second-order valence-electron chi connectivity index (χ2n) is 9.27. The molecule has 0 radical (unpaired) electrons. The van der Waals surface area contributed by atoms with Gasteiger partial charge in [0.25, 0.3) is 11.1 Å². The molecule has 1 amide bonds. The van der Waals surface area contributed by atoms with Gasteiger partial charge < -0.3 is 23.5 Å². The number of nitrogens with zero attached hydrogens (tertiary/aromatic N) is 6. The van der Waals surface area contributed by atoms with E-state index < -0.39 is 0 Å². The Bertz CT molecular complexity index is 1960. The SMILES string of the molecule is COc1cc(OCc2nc(-c3ccc(C(=O)N(C)CC#N)cc3)sc2C)c2cc(-c3cnc4sc(OC)nn34)oc2c1. The summed E-state index contributed by atoms with van der Waals surface area (Å²) in [6, 6.07) is 14.7. The smallest absolute Gasteiger partial charge is 0.294 e. The molecular formula is C29H24N6O5S2. The summed E-state index contributed by atoms with van der Waals surface area (Å²) in [5.74, 6) is 1.56. The topological polar surface area (TPSA) is 128 Å². The van der Waals surface area contributed by atoms with E-state index in [2.05, 4.69) is 10.1 Å². The average molecular weight is 601 g/mol. The molecule has 11 nitrogen and oxygen atoms in total. The van der Waals surface area contributed by atoms with Gasteiger partial charge in [-0.1, -0.05) is 12.1 Å². The molecule has 13 heteroatoms. The Morgan fingerprint density at radius 2 is 1.95 bits per heavy atom. The first kappa shape index (κ1) is 27.3. The Morgan fingerprint density at radius 1 is 1.14 bits per heavy atom. The van der Waals surface area contributed by atoms with Gasteiger partial charge in [0.2, 0.25) is 4.96 Å². The predicted molar refractivity (Wildman–Crippen MR) is 158 cm³/mol. The highest BCUT2D eigenvalue weighted by molar-refractivity contribution is 7.18. The van der Waals surface area contributed by atoms with Crippen LogP contribution in [-0.2, 0) is 6.61 Å². The van der Waals surface area contributed by atoms with E-state index in [1.165, 1.54) is 16.2 Å². The summed E-state index contributed by atoms with van der Waals surface area (Å²) in [5.41, 5.74) is 3.50. The van der Waals surface area contributed by atoms with Crippen LogP contribution in [0.5, 0.6) is 16.7 Å². The Hall–Kier alpha value is -4.93. The van der Waals surface area contributed by atoms with E-state index in [4.69, 9.17) is 28.9 Å². The van der Waals surface area contributed by atoms with Crippen molar-refractivity contribution < 1.29 is 23.4 Å². The third kappa shape index (κ3) is 5.02. The zero-order chi connectivity index (χ0) is 29.4. The molecule has 212 valence electrons. The van der Waals surface area contributed by atoms with Crippen LogP contribution in [0, 0.1) is 18.3 Å². The third-order valence-electron chi connectivity index (χ3n) is 6.59. The van der Waals surface area contributed by atoms with Crippen LogP contribution >= 0.6 is 22.7 Å². The van der Waals surface area contributed by atoms with E-state index >= 15 is 0 Å². The van der Waals surface area contributed by atoms with E-state index in [1.807, 2.05) is 43.3 Å². The normalized spacial score (nSPS) is 11.1. The zero-order valence-corrected chi connectivity index (χ0v) is 24.7. The quantitative estimate of drug-likeness (QED) is 0.188. The number of benzene rings is 2. The fourth-order valence-corrected chi connectivity index (χ4v) is 5.97. The number of aryl methyl sites for hydroxylation is 1. The summed E-state index contributed by atoms with van der Waals surface area (Å²) < 4.78 is 24.9. The van der Waals surface area contributed by atoms with Crippen LogP contribution in [0.3, 0.4) is 0 Å². The molecule has 0 bridgehead atoms. The average Bonchev–Trinajstić information content (AvgIpc) is 3.78. The molecule has 6 aromatic rings. The zero-order valence-electron chi connectivity index (χ0n) is 23.1. The Balaban J connectivity index is 1.25. The Labute approximate surface area is 248 Å². The molecule has 0 aliphatic rings. The van der Waals surface area contributed by atoms with Crippen molar-refractivity contribution >= 4 is 44.5 Å². The predicted octanol–water partition coefficient (Wildman–Crippen LogP) is 5.83. The second-order valence-corrected chi connectivity index (χ2v) is 11.4. The first-order valence-electron chi connectivity index (χ1n) is 12.7. The largest absolute Gasteiger partial charge is 0.496 e. The van der Waals surface area contributed by atoms with Gasteiger partial charge in [-0.25, -0.2) is 9.97 Å². The fraction of sp³-hybridized carbons (Fsp3) is 0.207. The minimum atomic E-state index is -0.205. The number of hydrogen-bond donors (Lipinski definition) is 0. The molecule has 2 aromatic carbocycles. The maximum atomic E-state index is 12.5. The van der Waals surface area contributed by atoms with Crippen LogP contribution in [-0.4, -0.2) is 58.2 Å². The van der Waals surface area contributed by atoms with Crippen molar-refractivity contribution in [1.82, 2.24) is 24.5 Å². The van der Waals surface area contributed by atoms with Crippen molar-refractivity contribution in [1.29, 1.82) is 5.26 Å². The van der Waals surface area contributed by atoms with Gasteiger partial charge in [-0.15, -0.1) is 16.4 Å². The number of aromatic nitrogens is 4. The van der Waals surface area contributed by atoms with E-state index in [1.54, 1.807) is 55.4 Å². The van der Waals surface area contributed by atoms with Crippen molar-refractivity contribution in [2.75, 3.05) is 27.8 Å². The molecule has 0 saturated heterocycles. The highest BCUT2D eigenvalue weighted by Crippen LogP contribution is 2.38. The van der Waals surface area contributed by atoms with Crippen molar-refractivity contribution in [2.45, 2.75) is 13.5 Å². The molecule has 0 aliphatic carbocycles.